The van der Waals surface area contributed by atoms with Gasteiger partial charge in [0, 0.05) is 32.4 Å². The molecule has 0 aliphatic heterocycles. The number of hydrogen-bond donors (Lipinski definition) is 3. The van der Waals surface area contributed by atoms with Crippen LogP contribution in [0.15, 0.2) is 53.5 Å². The third kappa shape index (κ3) is 9.36. The van der Waals surface area contributed by atoms with Gasteiger partial charge < -0.3 is 25.4 Å². The molecular formula is C22H33IN4O2. The minimum Gasteiger partial charge on any atom is -0.496 e. The first kappa shape index (κ1) is 25.0. The topological polar surface area (TPSA) is 66.9 Å². The fraction of sp³-hybridized carbons (Fsp3) is 0.409. The van der Waals surface area contributed by atoms with Crippen LogP contribution in [0.5, 0.6) is 5.75 Å². The highest BCUT2D eigenvalue weighted by Gasteiger charge is 2.03. The molecule has 0 heterocycles. The number of aliphatic imine (C=N–C) groups is 1. The Balaban J connectivity index is 0.00000420. The van der Waals surface area contributed by atoms with Crippen LogP contribution in [0.4, 0.5) is 5.69 Å². The van der Waals surface area contributed by atoms with Crippen LogP contribution in [0.3, 0.4) is 0 Å². The molecule has 0 atom stereocenters. The SMILES string of the molecule is CCNC(=NCc1ccc(NCCOC)cc1)NCCc1ccccc1OC.I. The summed E-state index contributed by atoms with van der Waals surface area (Å²) in [5.41, 5.74) is 3.44. The van der Waals surface area contributed by atoms with Gasteiger partial charge in [-0.2, -0.15) is 0 Å². The van der Waals surface area contributed by atoms with Crippen LogP contribution >= 0.6 is 24.0 Å². The minimum absolute atomic E-state index is 0. The molecule has 160 valence electrons. The molecule has 0 aliphatic carbocycles. The van der Waals surface area contributed by atoms with E-state index in [-0.39, 0.29) is 24.0 Å². The second-order valence-electron chi connectivity index (χ2n) is 6.30. The van der Waals surface area contributed by atoms with Crippen LogP contribution in [0.25, 0.3) is 0 Å². The molecule has 2 aromatic carbocycles. The minimum atomic E-state index is 0. The number of halogens is 1. The molecule has 0 fully saturated rings. The zero-order valence-electron chi connectivity index (χ0n) is 17.5. The van der Waals surface area contributed by atoms with Crippen LogP contribution in [0, 0.1) is 0 Å². The number of rotatable bonds is 11. The normalized spacial score (nSPS) is 10.8. The van der Waals surface area contributed by atoms with Gasteiger partial charge in [0.2, 0.25) is 0 Å². The molecule has 0 saturated heterocycles. The molecule has 0 radical (unpaired) electrons. The highest BCUT2D eigenvalue weighted by atomic mass is 127. The maximum atomic E-state index is 5.41. The van der Waals surface area contributed by atoms with E-state index in [0.717, 1.165) is 43.5 Å². The summed E-state index contributed by atoms with van der Waals surface area (Å²) in [5, 5.41) is 10.0. The summed E-state index contributed by atoms with van der Waals surface area (Å²) in [6.45, 7) is 5.80. The Morgan fingerprint density at radius 2 is 1.72 bits per heavy atom. The molecule has 3 N–H and O–H groups in total. The number of benzene rings is 2. The van der Waals surface area contributed by atoms with Gasteiger partial charge in [-0.3, -0.25) is 0 Å². The predicted octanol–water partition coefficient (Wildman–Crippen LogP) is 3.67. The number of nitrogens with one attached hydrogen (secondary N) is 3. The zero-order valence-corrected chi connectivity index (χ0v) is 19.9. The van der Waals surface area contributed by atoms with Gasteiger partial charge in [0.15, 0.2) is 5.96 Å². The lowest BCUT2D eigenvalue weighted by Gasteiger charge is -2.13. The summed E-state index contributed by atoms with van der Waals surface area (Å²) in [6.07, 6.45) is 0.871. The first-order chi connectivity index (χ1) is 13.8. The van der Waals surface area contributed by atoms with Crippen molar-refractivity contribution in [2.45, 2.75) is 19.9 Å². The number of nitrogens with zero attached hydrogens (tertiary/aromatic N) is 1. The van der Waals surface area contributed by atoms with E-state index >= 15 is 0 Å². The van der Waals surface area contributed by atoms with Gasteiger partial charge in [0.05, 0.1) is 20.3 Å². The second-order valence-corrected chi connectivity index (χ2v) is 6.30. The fourth-order valence-electron chi connectivity index (χ4n) is 2.76. The molecule has 0 aromatic heterocycles. The van der Waals surface area contributed by atoms with Gasteiger partial charge >= 0.3 is 0 Å². The van der Waals surface area contributed by atoms with E-state index in [1.807, 2.05) is 18.2 Å². The number of ether oxygens (including phenoxy) is 2. The molecule has 0 saturated carbocycles. The molecule has 6 nitrogen and oxygen atoms in total. The molecule has 2 aromatic rings. The van der Waals surface area contributed by atoms with Crippen molar-refractivity contribution < 1.29 is 9.47 Å². The third-order valence-electron chi connectivity index (χ3n) is 4.23. The Bertz CT molecular complexity index is 723. The summed E-state index contributed by atoms with van der Waals surface area (Å²) in [5.74, 6) is 1.74. The van der Waals surface area contributed by atoms with Crippen LogP contribution in [0.1, 0.15) is 18.1 Å². The largest absolute Gasteiger partial charge is 0.496 e. The lowest BCUT2D eigenvalue weighted by atomic mass is 10.1. The number of methoxy groups -OCH3 is 2. The van der Waals surface area contributed by atoms with Crippen molar-refractivity contribution in [3.05, 3.63) is 59.7 Å². The van der Waals surface area contributed by atoms with Gasteiger partial charge in [-0.1, -0.05) is 30.3 Å². The fourth-order valence-corrected chi connectivity index (χ4v) is 2.76. The van der Waals surface area contributed by atoms with E-state index in [2.05, 4.69) is 58.2 Å². The number of guanidine groups is 1. The van der Waals surface area contributed by atoms with Crippen LogP contribution in [0.2, 0.25) is 0 Å². The number of anilines is 1. The predicted molar refractivity (Wildman–Crippen MR) is 132 cm³/mol. The van der Waals surface area contributed by atoms with Crippen molar-refractivity contribution in [3.63, 3.8) is 0 Å². The van der Waals surface area contributed by atoms with Gasteiger partial charge in [0.1, 0.15) is 5.75 Å². The lowest BCUT2D eigenvalue weighted by molar-refractivity contribution is 0.211. The Hall–Kier alpha value is -2.00. The van der Waals surface area contributed by atoms with Crippen molar-refractivity contribution >= 4 is 35.6 Å². The number of hydrogen-bond acceptors (Lipinski definition) is 4. The van der Waals surface area contributed by atoms with E-state index in [4.69, 9.17) is 9.47 Å². The molecule has 7 heteroatoms. The molecule has 0 aliphatic rings. The van der Waals surface area contributed by atoms with Crippen LogP contribution < -0.4 is 20.7 Å². The molecule has 29 heavy (non-hydrogen) atoms. The van der Waals surface area contributed by atoms with E-state index < -0.39 is 0 Å². The molecule has 0 bridgehead atoms. The first-order valence-electron chi connectivity index (χ1n) is 9.72. The standard InChI is InChI=1S/C22H32N4O2.HI/c1-4-23-22(25-14-13-19-7-5-6-8-21(19)28-3)26-17-18-9-11-20(12-10-18)24-15-16-27-2;/h5-12,24H,4,13-17H2,1-3H3,(H2,23,25,26);1H. The van der Waals surface area contributed by atoms with Gasteiger partial charge in [-0.05, 0) is 42.7 Å². The molecule has 0 unspecified atom stereocenters. The Morgan fingerprint density at radius 3 is 2.41 bits per heavy atom. The average Bonchev–Trinajstić information content (AvgIpc) is 2.73. The molecule has 2 rings (SSSR count). The third-order valence-corrected chi connectivity index (χ3v) is 4.23. The summed E-state index contributed by atoms with van der Waals surface area (Å²) >= 11 is 0. The summed E-state index contributed by atoms with van der Waals surface area (Å²) in [6, 6.07) is 16.4. The Kier molecular flexibility index (Phi) is 12.9. The van der Waals surface area contributed by atoms with E-state index in [0.29, 0.717) is 13.2 Å². The van der Waals surface area contributed by atoms with E-state index in [9.17, 15) is 0 Å². The van der Waals surface area contributed by atoms with Crippen molar-refractivity contribution in [1.82, 2.24) is 10.6 Å². The van der Waals surface area contributed by atoms with E-state index in [1.54, 1.807) is 14.2 Å². The summed E-state index contributed by atoms with van der Waals surface area (Å²) < 4.78 is 10.5. The highest BCUT2D eigenvalue weighted by Crippen LogP contribution is 2.17. The summed E-state index contributed by atoms with van der Waals surface area (Å²) in [4.78, 5) is 4.69. The average molecular weight is 512 g/mol. The highest BCUT2D eigenvalue weighted by molar-refractivity contribution is 14.0. The van der Waals surface area contributed by atoms with Gasteiger partial charge in [0.25, 0.3) is 0 Å². The summed E-state index contributed by atoms with van der Waals surface area (Å²) in [7, 11) is 3.41. The maximum absolute atomic E-state index is 5.41. The van der Waals surface area contributed by atoms with Gasteiger partial charge in [-0.25, -0.2) is 4.99 Å². The Labute approximate surface area is 191 Å². The van der Waals surface area contributed by atoms with Crippen LogP contribution in [-0.2, 0) is 17.7 Å². The second kappa shape index (κ2) is 14.9. The maximum Gasteiger partial charge on any atom is 0.191 e. The molecule has 0 amide bonds. The zero-order chi connectivity index (χ0) is 20.0. The van der Waals surface area contributed by atoms with E-state index in [1.165, 1.54) is 11.1 Å². The van der Waals surface area contributed by atoms with Gasteiger partial charge in [-0.15, -0.1) is 24.0 Å². The Morgan fingerprint density at radius 1 is 0.966 bits per heavy atom. The van der Waals surface area contributed by atoms with Crippen molar-refractivity contribution in [2.75, 3.05) is 45.8 Å². The van der Waals surface area contributed by atoms with Crippen molar-refractivity contribution in [1.29, 1.82) is 0 Å². The van der Waals surface area contributed by atoms with Crippen LogP contribution in [-0.4, -0.2) is 46.4 Å². The first-order valence-corrected chi connectivity index (χ1v) is 9.72. The molecule has 0 spiro atoms. The molecular weight excluding hydrogens is 479 g/mol. The lowest BCUT2D eigenvalue weighted by Crippen LogP contribution is -2.38. The van der Waals surface area contributed by atoms with Crippen molar-refractivity contribution in [2.24, 2.45) is 4.99 Å². The monoisotopic (exact) mass is 512 g/mol. The number of para-hydroxylation sites is 1. The smallest absolute Gasteiger partial charge is 0.191 e. The quantitative estimate of drug-likeness (QED) is 0.186. The van der Waals surface area contributed by atoms with Crippen molar-refractivity contribution in [3.8, 4) is 5.75 Å².